The van der Waals surface area contributed by atoms with E-state index in [0.717, 1.165) is 12.8 Å². The highest BCUT2D eigenvalue weighted by Crippen LogP contribution is 2.20. The lowest BCUT2D eigenvalue weighted by Gasteiger charge is -2.21. The molecular weight excluding hydrogens is 286 g/mol. The Morgan fingerprint density at radius 2 is 1.86 bits per heavy atom. The number of aromatic nitrogens is 2. The molecule has 1 amide bonds. The Balaban J connectivity index is 2.14. The van der Waals surface area contributed by atoms with E-state index in [-0.39, 0.29) is 11.9 Å². The highest BCUT2D eigenvalue weighted by Gasteiger charge is 2.20. The van der Waals surface area contributed by atoms with Crippen LogP contribution in [0.2, 0.25) is 0 Å². The molecule has 0 saturated heterocycles. The first-order valence-electron chi connectivity index (χ1n) is 7.57. The van der Waals surface area contributed by atoms with Gasteiger partial charge in [-0.3, -0.25) is 4.79 Å². The zero-order valence-electron chi connectivity index (χ0n) is 12.7. The second-order valence-corrected chi connectivity index (χ2v) is 6.36. The van der Waals surface area contributed by atoms with Gasteiger partial charge in [0.1, 0.15) is 5.03 Å². The van der Waals surface area contributed by atoms with Crippen LogP contribution in [-0.4, -0.2) is 28.2 Å². The minimum absolute atomic E-state index is 0.119. The van der Waals surface area contributed by atoms with Crippen molar-refractivity contribution in [1.82, 2.24) is 15.3 Å². The topological polar surface area (TPSA) is 74.8 Å². The second-order valence-electron chi connectivity index (χ2n) is 5.57. The quantitative estimate of drug-likeness (QED) is 0.665. The van der Waals surface area contributed by atoms with Crippen LogP contribution in [0.5, 0.6) is 0 Å². The van der Waals surface area contributed by atoms with Gasteiger partial charge < -0.3 is 10.3 Å². The number of nitrogens with one attached hydrogen (secondary N) is 2. The van der Waals surface area contributed by atoms with Crippen molar-refractivity contribution in [2.24, 2.45) is 0 Å². The van der Waals surface area contributed by atoms with Gasteiger partial charge in [-0.1, -0.05) is 32.1 Å². The lowest BCUT2D eigenvalue weighted by Crippen LogP contribution is -2.36. The summed E-state index contributed by atoms with van der Waals surface area (Å²) in [5, 5.41) is 3.62. The third kappa shape index (κ3) is 4.33. The van der Waals surface area contributed by atoms with Gasteiger partial charge in [-0.2, -0.15) is 4.98 Å². The van der Waals surface area contributed by atoms with E-state index in [1.807, 2.05) is 6.26 Å². The van der Waals surface area contributed by atoms with Crippen molar-refractivity contribution >= 4 is 17.7 Å². The molecule has 0 unspecified atom stereocenters. The molecule has 1 aliphatic carbocycles. The first-order valence-corrected chi connectivity index (χ1v) is 8.80. The van der Waals surface area contributed by atoms with E-state index in [4.69, 9.17) is 0 Å². The van der Waals surface area contributed by atoms with Crippen LogP contribution in [0.25, 0.3) is 0 Å². The number of aromatic amines is 1. The first kappa shape index (κ1) is 16.1. The zero-order valence-corrected chi connectivity index (χ0v) is 13.5. The van der Waals surface area contributed by atoms with Gasteiger partial charge in [-0.15, -0.1) is 11.8 Å². The summed E-state index contributed by atoms with van der Waals surface area (Å²) in [5.41, 5.74) is 0.686. The summed E-state index contributed by atoms with van der Waals surface area (Å²) < 4.78 is 0. The third-order valence-electron chi connectivity index (χ3n) is 3.95. The molecule has 5 nitrogen and oxygen atoms in total. The van der Waals surface area contributed by atoms with Crippen molar-refractivity contribution in [3.63, 3.8) is 0 Å². The molecule has 0 bridgehead atoms. The molecule has 1 fully saturated rings. The van der Waals surface area contributed by atoms with Crippen LogP contribution in [0.3, 0.4) is 0 Å². The fourth-order valence-electron chi connectivity index (χ4n) is 2.83. The molecule has 1 aliphatic rings. The van der Waals surface area contributed by atoms with Gasteiger partial charge >= 0.3 is 5.69 Å². The highest BCUT2D eigenvalue weighted by molar-refractivity contribution is 7.98. The van der Waals surface area contributed by atoms with Crippen LogP contribution in [0.1, 0.15) is 61.0 Å². The number of thioether (sulfide) groups is 1. The summed E-state index contributed by atoms with van der Waals surface area (Å²) in [6.07, 6.45) is 10.1. The monoisotopic (exact) mass is 309 g/mol. The van der Waals surface area contributed by atoms with E-state index >= 15 is 0 Å². The average molecular weight is 309 g/mol. The standard InChI is InChI=1S/C15H23N3O2S/c1-10-12(14(21-2)18-15(20)16-10)13(19)17-11-8-6-4-3-5-7-9-11/h11H,3-9H2,1-2H3,(H,17,19)(H,16,18,20). The molecule has 21 heavy (non-hydrogen) atoms. The fraction of sp³-hybridized carbons (Fsp3) is 0.667. The van der Waals surface area contributed by atoms with Crippen molar-refractivity contribution in [2.75, 3.05) is 6.26 Å². The molecule has 6 heteroatoms. The van der Waals surface area contributed by atoms with Crippen molar-refractivity contribution in [3.05, 3.63) is 21.7 Å². The van der Waals surface area contributed by atoms with Crippen molar-refractivity contribution in [2.45, 2.75) is 62.9 Å². The summed E-state index contributed by atoms with van der Waals surface area (Å²) in [5.74, 6) is -0.119. The van der Waals surface area contributed by atoms with E-state index in [2.05, 4.69) is 15.3 Å². The number of rotatable bonds is 3. The maximum Gasteiger partial charge on any atom is 0.346 e. The normalized spacial score (nSPS) is 17.0. The highest BCUT2D eigenvalue weighted by atomic mass is 32.2. The minimum Gasteiger partial charge on any atom is -0.349 e. The molecule has 0 spiro atoms. The van der Waals surface area contributed by atoms with Gasteiger partial charge in [-0.25, -0.2) is 4.79 Å². The molecule has 0 aliphatic heterocycles. The Labute approximate surface area is 129 Å². The Hall–Kier alpha value is -1.30. The van der Waals surface area contributed by atoms with E-state index in [1.165, 1.54) is 43.9 Å². The summed E-state index contributed by atoms with van der Waals surface area (Å²) in [4.78, 5) is 30.4. The largest absolute Gasteiger partial charge is 0.349 e. The molecule has 1 aromatic rings. The van der Waals surface area contributed by atoms with Gasteiger partial charge in [-0.05, 0) is 26.0 Å². The SMILES string of the molecule is CSc1nc(=O)[nH]c(C)c1C(=O)NC1CCCCCCC1. The van der Waals surface area contributed by atoms with E-state index in [9.17, 15) is 9.59 Å². The number of H-pyrrole nitrogens is 1. The maximum atomic E-state index is 12.5. The Morgan fingerprint density at radius 1 is 1.24 bits per heavy atom. The number of carbonyl (C=O) groups excluding carboxylic acids is 1. The Morgan fingerprint density at radius 3 is 2.48 bits per heavy atom. The van der Waals surface area contributed by atoms with Crippen molar-refractivity contribution in [3.8, 4) is 0 Å². The number of amides is 1. The summed E-state index contributed by atoms with van der Waals surface area (Å²) in [6.45, 7) is 1.75. The van der Waals surface area contributed by atoms with Crippen molar-refractivity contribution in [1.29, 1.82) is 0 Å². The summed E-state index contributed by atoms with van der Waals surface area (Å²) in [6, 6.07) is 0.235. The van der Waals surface area contributed by atoms with Crippen molar-refractivity contribution < 1.29 is 4.79 Å². The number of hydrogen-bond donors (Lipinski definition) is 2. The van der Waals surface area contributed by atoms with E-state index < -0.39 is 5.69 Å². The molecule has 1 heterocycles. The minimum atomic E-state index is -0.403. The molecule has 1 saturated carbocycles. The van der Waals surface area contributed by atoms with E-state index in [1.54, 1.807) is 6.92 Å². The summed E-state index contributed by atoms with van der Waals surface area (Å²) >= 11 is 1.33. The van der Waals surface area contributed by atoms with Gasteiger partial charge in [0.2, 0.25) is 0 Å². The maximum absolute atomic E-state index is 12.5. The lowest BCUT2D eigenvalue weighted by molar-refractivity contribution is 0.0925. The van der Waals surface area contributed by atoms with Crippen LogP contribution in [-0.2, 0) is 0 Å². The molecule has 0 radical (unpaired) electrons. The molecule has 116 valence electrons. The van der Waals surface area contributed by atoms with Gasteiger partial charge in [0.15, 0.2) is 0 Å². The number of carbonyl (C=O) groups is 1. The predicted octanol–water partition coefficient (Wildman–Crippen LogP) is 2.64. The third-order valence-corrected chi connectivity index (χ3v) is 4.63. The molecule has 0 aromatic carbocycles. The second kappa shape index (κ2) is 7.64. The van der Waals surface area contributed by atoms with Gasteiger partial charge in [0.05, 0.1) is 5.56 Å². The average Bonchev–Trinajstić information content (AvgIpc) is 2.40. The predicted molar refractivity (Wildman–Crippen MR) is 84.9 cm³/mol. The lowest BCUT2D eigenvalue weighted by atomic mass is 9.96. The smallest absolute Gasteiger partial charge is 0.346 e. The van der Waals surface area contributed by atoms with Crippen LogP contribution in [0.15, 0.2) is 9.82 Å². The van der Waals surface area contributed by atoms with Crippen LogP contribution in [0.4, 0.5) is 0 Å². The van der Waals surface area contributed by atoms with Gasteiger partial charge in [0.25, 0.3) is 5.91 Å². The van der Waals surface area contributed by atoms with Crippen LogP contribution < -0.4 is 11.0 Å². The molecule has 0 atom stereocenters. The first-order chi connectivity index (χ1) is 10.1. The number of hydrogen-bond acceptors (Lipinski definition) is 4. The fourth-order valence-corrected chi connectivity index (χ4v) is 3.46. The summed E-state index contributed by atoms with van der Waals surface area (Å²) in [7, 11) is 0. The zero-order chi connectivity index (χ0) is 15.2. The Bertz CT molecular complexity index is 548. The number of nitrogens with zero attached hydrogens (tertiary/aromatic N) is 1. The molecular formula is C15H23N3O2S. The van der Waals surface area contributed by atoms with Crippen LogP contribution >= 0.6 is 11.8 Å². The van der Waals surface area contributed by atoms with Gasteiger partial charge in [0, 0.05) is 11.7 Å². The van der Waals surface area contributed by atoms with Crippen LogP contribution in [0, 0.1) is 6.92 Å². The molecule has 1 aromatic heterocycles. The number of aryl methyl sites for hydroxylation is 1. The molecule has 2 rings (SSSR count). The van der Waals surface area contributed by atoms with E-state index in [0.29, 0.717) is 16.3 Å². The Kier molecular flexibility index (Phi) is 5.85. The molecule has 2 N–H and O–H groups in total.